The molecular weight excluding hydrogens is 916 g/mol. The molecule has 0 saturated carbocycles. The van der Waals surface area contributed by atoms with Gasteiger partial charge < -0.3 is 0 Å². The van der Waals surface area contributed by atoms with Gasteiger partial charge in [-0.1, -0.05) is 62.3 Å². The fraction of sp³-hybridized carbons (Fsp3) is 0.333. The summed E-state index contributed by atoms with van der Waals surface area (Å²) in [7, 11) is 0. The first-order chi connectivity index (χ1) is 28.1. The van der Waals surface area contributed by atoms with Gasteiger partial charge in [-0.05, 0) is 44.4 Å². The second kappa shape index (κ2) is 13.5. The zero-order valence-corrected chi connectivity index (χ0v) is 39.6. The molecule has 60 heavy (non-hydrogen) atoms. The number of aromatic nitrogens is 4. The number of fused-ring (bicyclic) bond motifs is 5. The first-order valence-corrected chi connectivity index (χ1v) is 22.3. The molecule has 9 rings (SSSR count). The fourth-order valence-corrected chi connectivity index (χ4v) is 10.4. The Morgan fingerprint density at radius 2 is 1.25 bits per heavy atom. The average Bonchev–Trinajstić information content (AvgIpc) is 3.69. The molecule has 0 atom stereocenters. The van der Waals surface area contributed by atoms with Crippen LogP contribution in [0.1, 0.15) is 111 Å². The van der Waals surface area contributed by atoms with Gasteiger partial charge in [0.25, 0.3) is 0 Å². The second-order valence-corrected chi connectivity index (χ2v) is 21.6. The van der Waals surface area contributed by atoms with E-state index in [2.05, 4.69) is 214 Å². The van der Waals surface area contributed by atoms with Gasteiger partial charge in [-0.3, -0.25) is 0 Å². The third kappa shape index (κ3) is 6.12. The topological polar surface area (TPSA) is 36.9 Å². The van der Waals surface area contributed by atoms with Crippen molar-refractivity contribution in [2.75, 3.05) is 0 Å². The molecule has 0 saturated heterocycles. The molecule has 0 amide bonds. The summed E-state index contributed by atoms with van der Waals surface area (Å²) in [6, 6.07) is 42.6. The van der Waals surface area contributed by atoms with Gasteiger partial charge in [-0.2, -0.15) is 0 Å². The number of hydrogen-bond acceptors (Lipinski definition) is 2. The predicted octanol–water partition coefficient (Wildman–Crippen LogP) is 13.9. The number of benzene rings is 5. The molecule has 1 aliphatic carbocycles. The summed E-state index contributed by atoms with van der Waals surface area (Å²) >= 11 is 2.46. The van der Waals surface area contributed by atoms with Gasteiger partial charge in [0.1, 0.15) is 0 Å². The van der Waals surface area contributed by atoms with E-state index in [1.807, 2.05) is 24.4 Å². The molecule has 310 valence electrons. The summed E-state index contributed by atoms with van der Waals surface area (Å²) in [5.74, 6) is 2.12. The van der Waals surface area contributed by atoms with Crippen LogP contribution in [0.5, 0.6) is 11.5 Å². The van der Waals surface area contributed by atoms with Gasteiger partial charge in [0, 0.05) is 6.20 Å². The maximum absolute atomic E-state index is 6.74. The van der Waals surface area contributed by atoms with Crippen LogP contribution in [-0.2, 0) is 41.0 Å². The predicted molar refractivity (Wildman–Crippen MR) is 244 cm³/mol. The number of imidazole rings is 1. The molecular formula is C54H56N4OPt-2. The van der Waals surface area contributed by atoms with E-state index in [0.717, 1.165) is 48.5 Å². The third-order valence-electron chi connectivity index (χ3n) is 14.3. The number of ether oxygens (including phenoxy) is 1. The fourth-order valence-electron chi connectivity index (χ4n) is 9.30. The first kappa shape index (κ1) is 40.4. The second-order valence-electron chi connectivity index (χ2n) is 20.6. The van der Waals surface area contributed by atoms with Crippen LogP contribution in [-0.4, -0.2) is 18.7 Å². The minimum absolute atomic E-state index is 0.00578. The van der Waals surface area contributed by atoms with Gasteiger partial charge in [0.2, 0.25) is 0 Å². The van der Waals surface area contributed by atoms with E-state index in [9.17, 15) is 0 Å². The monoisotopic (exact) mass is 971 g/mol. The van der Waals surface area contributed by atoms with Gasteiger partial charge >= 0.3 is 255 Å². The number of rotatable bonds is 5. The van der Waals surface area contributed by atoms with Crippen LogP contribution in [0.3, 0.4) is 0 Å². The molecule has 0 spiro atoms. The van der Waals surface area contributed by atoms with E-state index in [0.29, 0.717) is 11.5 Å². The van der Waals surface area contributed by atoms with Gasteiger partial charge in [-0.15, -0.1) is 0 Å². The summed E-state index contributed by atoms with van der Waals surface area (Å²) < 4.78 is 14.7. The van der Waals surface area contributed by atoms with Crippen molar-refractivity contribution in [2.24, 2.45) is 5.41 Å². The van der Waals surface area contributed by atoms with Gasteiger partial charge in [0.05, 0.1) is 0 Å². The van der Waals surface area contributed by atoms with Gasteiger partial charge in [-0.25, -0.2) is 0 Å². The number of pyridine rings is 1. The van der Waals surface area contributed by atoms with E-state index >= 15 is 0 Å². The SMILES string of the molecule is Cc1ccc(-n2[c](=[Pt])n(-c3[c-]c(Oc4[c-]c5c(cc4)c4cc6c(cc4n5-c4cc(C(C)(C)C)ccn4)C(C)(C)C(C)(C)C6(C)C)ccc3)c3ccc(C(C)(C)C)cc32)cc1. The summed E-state index contributed by atoms with van der Waals surface area (Å²) in [4.78, 5) is 5.01. The number of aryl methyl sites for hydroxylation is 1. The molecule has 8 aromatic rings. The van der Waals surface area contributed by atoms with Crippen molar-refractivity contribution in [1.82, 2.24) is 18.7 Å². The van der Waals surface area contributed by atoms with E-state index < -0.39 is 0 Å². The van der Waals surface area contributed by atoms with E-state index in [1.165, 1.54) is 33.2 Å². The van der Waals surface area contributed by atoms with Crippen molar-refractivity contribution >= 4 is 32.8 Å². The third-order valence-corrected chi connectivity index (χ3v) is 15.3. The summed E-state index contributed by atoms with van der Waals surface area (Å²) in [6.45, 7) is 30.2. The van der Waals surface area contributed by atoms with Crippen LogP contribution in [0.2, 0.25) is 0 Å². The summed E-state index contributed by atoms with van der Waals surface area (Å²) in [6.07, 6.45) is 1.94. The van der Waals surface area contributed by atoms with Crippen LogP contribution in [0.4, 0.5) is 0 Å². The van der Waals surface area contributed by atoms with Crippen molar-refractivity contribution in [3.05, 3.63) is 147 Å². The molecule has 3 heterocycles. The molecule has 6 heteroatoms. The maximum atomic E-state index is 6.74. The Bertz CT molecular complexity index is 3080. The zero-order chi connectivity index (χ0) is 42.9. The van der Waals surface area contributed by atoms with Gasteiger partial charge in [0.15, 0.2) is 0 Å². The first-order valence-electron chi connectivity index (χ1n) is 21.1. The van der Waals surface area contributed by atoms with E-state index in [-0.39, 0.29) is 27.1 Å². The molecule has 0 fully saturated rings. The zero-order valence-electron chi connectivity index (χ0n) is 37.3. The van der Waals surface area contributed by atoms with Crippen LogP contribution in [0.25, 0.3) is 50.0 Å². The van der Waals surface area contributed by atoms with Crippen LogP contribution < -0.4 is 4.74 Å². The van der Waals surface area contributed by atoms with Crippen LogP contribution in [0, 0.1) is 28.3 Å². The summed E-state index contributed by atoms with van der Waals surface area (Å²) in [5, 5.41) is 2.33. The number of hydrogen-bond donors (Lipinski definition) is 0. The molecule has 0 bridgehead atoms. The Morgan fingerprint density at radius 3 is 1.93 bits per heavy atom. The van der Waals surface area contributed by atoms with E-state index in [1.54, 1.807) is 0 Å². The quantitative estimate of drug-likeness (QED) is 0.161. The number of nitrogens with zero attached hydrogens (tertiary/aromatic N) is 4. The molecule has 0 unspecified atom stereocenters. The minimum atomic E-state index is -0.0436. The Kier molecular flexibility index (Phi) is 9.10. The molecule has 5 aromatic carbocycles. The molecule has 0 radical (unpaired) electrons. The normalized spacial score (nSPS) is 15.9. The Hall–Kier alpha value is -4.99. The van der Waals surface area contributed by atoms with E-state index in [4.69, 9.17) is 9.72 Å². The van der Waals surface area contributed by atoms with Crippen molar-refractivity contribution < 1.29 is 24.1 Å². The van der Waals surface area contributed by atoms with Crippen molar-refractivity contribution in [2.45, 2.75) is 112 Å². The molecule has 0 N–H and O–H groups in total. The molecule has 0 aliphatic heterocycles. The van der Waals surface area contributed by atoms with Crippen molar-refractivity contribution in [1.29, 1.82) is 0 Å². The van der Waals surface area contributed by atoms with Crippen LogP contribution in [0.15, 0.2) is 103 Å². The Morgan fingerprint density at radius 1 is 0.600 bits per heavy atom. The Balaban J connectivity index is 1.20. The Labute approximate surface area is 366 Å². The van der Waals surface area contributed by atoms with Crippen molar-refractivity contribution in [3.63, 3.8) is 0 Å². The van der Waals surface area contributed by atoms with Crippen LogP contribution >= 0.6 is 0 Å². The molecule has 3 aromatic heterocycles. The molecule has 1 aliphatic rings. The summed E-state index contributed by atoms with van der Waals surface area (Å²) in [5.41, 5.74) is 12.9. The molecule has 5 nitrogen and oxygen atoms in total. The standard InChI is InChI=1S/C54H56N4O.Pt/c1-34-17-20-37(21-18-34)56-33-57(45-24-19-35(27-48(45)56)50(2,3)4)38-15-14-16-39(29-38)59-40-22-23-41-42-31-43-44(53(10,11)54(12,13)52(43,8)9)32-47(42)58(46(41)30-40)49-28-36(25-26-55-49)51(5,6)7;/h14-28,31-32H,1-13H3;/q-2;. The average molecular weight is 972 g/mol. The van der Waals surface area contributed by atoms with Crippen molar-refractivity contribution in [3.8, 4) is 28.7 Å².